The first kappa shape index (κ1) is 18.0. The lowest BCUT2D eigenvalue weighted by Gasteiger charge is -2.13. The molecule has 0 fully saturated rings. The molecule has 1 aromatic heterocycles. The number of pyridine rings is 1. The van der Waals surface area contributed by atoms with Crippen molar-refractivity contribution in [3.8, 4) is 6.07 Å². The molecule has 0 unspecified atom stereocenters. The Morgan fingerprint density at radius 2 is 1.78 bits per heavy atom. The van der Waals surface area contributed by atoms with E-state index in [9.17, 15) is 4.79 Å². The number of nitriles is 1. The number of nitrogens with one attached hydrogen (secondary N) is 2. The lowest BCUT2D eigenvalue weighted by molar-refractivity contribution is 0.102. The van der Waals surface area contributed by atoms with Crippen molar-refractivity contribution >= 4 is 28.8 Å². The summed E-state index contributed by atoms with van der Waals surface area (Å²) in [5, 5.41) is 15.1. The SMILES string of the molecule is CN(C)c1ccc(NC(=O)c2ccc(Nc3ccccc3C#N)nc2)cc1. The van der Waals surface area contributed by atoms with E-state index < -0.39 is 0 Å². The average Bonchev–Trinajstić information content (AvgIpc) is 2.69. The number of rotatable bonds is 5. The van der Waals surface area contributed by atoms with Crippen LogP contribution in [-0.2, 0) is 0 Å². The molecule has 3 rings (SSSR count). The molecule has 2 aromatic carbocycles. The van der Waals surface area contributed by atoms with E-state index in [1.54, 1.807) is 30.3 Å². The fourth-order valence-electron chi connectivity index (χ4n) is 2.48. The summed E-state index contributed by atoms with van der Waals surface area (Å²) in [6, 6.07) is 20.3. The molecular weight excluding hydrogens is 338 g/mol. The van der Waals surface area contributed by atoms with Crippen molar-refractivity contribution in [1.29, 1.82) is 5.26 Å². The van der Waals surface area contributed by atoms with Gasteiger partial charge >= 0.3 is 0 Å². The second-order valence-electron chi connectivity index (χ2n) is 6.11. The van der Waals surface area contributed by atoms with Gasteiger partial charge in [-0.25, -0.2) is 4.98 Å². The molecule has 0 aliphatic carbocycles. The van der Waals surface area contributed by atoms with Crippen LogP contribution < -0.4 is 15.5 Å². The van der Waals surface area contributed by atoms with Crippen molar-refractivity contribution in [3.05, 3.63) is 78.0 Å². The zero-order chi connectivity index (χ0) is 19.2. The standard InChI is InChI=1S/C21H19N5O/c1-26(2)18-10-8-17(9-11-18)24-21(27)16-7-12-20(23-14-16)25-19-6-4-3-5-15(19)13-22/h3-12,14H,1-2H3,(H,23,25)(H,24,27). The highest BCUT2D eigenvalue weighted by atomic mass is 16.1. The molecular formula is C21H19N5O. The first-order chi connectivity index (χ1) is 13.1. The Balaban J connectivity index is 1.67. The van der Waals surface area contributed by atoms with Crippen molar-refractivity contribution in [2.45, 2.75) is 0 Å². The maximum atomic E-state index is 12.4. The molecule has 0 atom stereocenters. The van der Waals surface area contributed by atoms with Gasteiger partial charge in [-0.2, -0.15) is 5.26 Å². The Bertz CT molecular complexity index is 973. The summed E-state index contributed by atoms with van der Waals surface area (Å²) >= 11 is 0. The molecule has 1 amide bonds. The smallest absolute Gasteiger partial charge is 0.257 e. The van der Waals surface area contributed by atoms with Crippen molar-refractivity contribution < 1.29 is 4.79 Å². The first-order valence-corrected chi connectivity index (χ1v) is 8.38. The number of carbonyl (C=O) groups excluding carboxylic acids is 1. The fraction of sp³-hybridized carbons (Fsp3) is 0.0952. The molecule has 3 aromatic rings. The molecule has 0 saturated heterocycles. The molecule has 0 spiro atoms. The number of amides is 1. The molecule has 6 nitrogen and oxygen atoms in total. The largest absolute Gasteiger partial charge is 0.378 e. The number of benzene rings is 2. The highest BCUT2D eigenvalue weighted by Crippen LogP contribution is 2.20. The van der Waals surface area contributed by atoms with Gasteiger partial charge in [-0.1, -0.05) is 12.1 Å². The Hall–Kier alpha value is -3.85. The van der Waals surface area contributed by atoms with Crippen molar-refractivity contribution in [2.75, 3.05) is 29.6 Å². The van der Waals surface area contributed by atoms with Crippen LogP contribution in [0.25, 0.3) is 0 Å². The summed E-state index contributed by atoms with van der Waals surface area (Å²) in [6.07, 6.45) is 1.50. The highest BCUT2D eigenvalue weighted by molar-refractivity contribution is 6.04. The quantitative estimate of drug-likeness (QED) is 0.721. The van der Waals surface area contributed by atoms with Gasteiger partial charge in [0.05, 0.1) is 16.8 Å². The van der Waals surface area contributed by atoms with E-state index in [0.717, 1.165) is 11.4 Å². The highest BCUT2D eigenvalue weighted by Gasteiger charge is 2.08. The van der Waals surface area contributed by atoms with Gasteiger partial charge in [0.1, 0.15) is 11.9 Å². The van der Waals surface area contributed by atoms with E-state index in [-0.39, 0.29) is 5.91 Å². The first-order valence-electron chi connectivity index (χ1n) is 8.38. The Morgan fingerprint density at radius 1 is 1.04 bits per heavy atom. The minimum Gasteiger partial charge on any atom is -0.378 e. The molecule has 27 heavy (non-hydrogen) atoms. The van der Waals surface area contributed by atoms with Crippen LogP contribution in [-0.4, -0.2) is 25.0 Å². The predicted molar refractivity (Wildman–Crippen MR) is 107 cm³/mol. The molecule has 1 heterocycles. The maximum Gasteiger partial charge on any atom is 0.257 e. The van der Waals surface area contributed by atoms with Crippen LogP contribution in [0.1, 0.15) is 15.9 Å². The summed E-state index contributed by atoms with van der Waals surface area (Å²) in [6.45, 7) is 0. The van der Waals surface area contributed by atoms with E-state index in [0.29, 0.717) is 22.6 Å². The van der Waals surface area contributed by atoms with E-state index in [1.165, 1.54) is 6.20 Å². The number of nitrogens with zero attached hydrogens (tertiary/aromatic N) is 3. The Labute approximate surface area is 158 Å². The van der Waals surface area contributed by atoms with Crippen LogP contribution in [0.3, 0.4) is 0 Å². The van der Waals surface area contributed by atoms with Gasteiger partial charge in [-0.05, 0) is 48.5 Å². The van der Waals surface area contributed by atoms with E-state index in [4.69, 9.17) is 5.26 Å². The minimum atomic E-state index is -0.232. The third-order valence-corrected chi connectivity index (χ3v) is 3.98. The van der Waals surface area contributed by atoms with Crippen LogP contribution in [0.15, 0.2) is 66.9 Å². The molecule has 0 radical (unpaired) electrons. The van der Waals surface area contributed by atoms with Crippen LogP contribution in [0.5, 0.6) is 0 Å². The zero-order valence-electron chi connectivity index (χ0n) is 15.1. The van der Waals surface area contributed by atoms with E-state index in [2.05, 4.69) is 21.7 Å². The average molecular weight is 357 g/mol. The molecule has 134 valence electrons. The van der Waals surface area contributed by atoms with Gasteiger partial charge in [0.15, 0.2) is 0 Å². The number of hydrogen-bond acceptors (Lipinski definition) is 5. The Kier molecular flexibility index (Phi) is 5.33. The number of hydrogen-bond donors (Lipinski definition) is 2. The summed E-state index contributed by atoms with van der Waals surface area (Å²) in [5.41, 5.74) is 3.43. The molecule has 0 aliphatic heterocycles. The van der Waals surface area contributed by atoms with Crippen molar-refractivity contribution in [1.82, 2.24) is 4.98 Å². The van der Waals surface area contributed by atoms with Gasteiger partial charge in [-0.15, -0.1) is 0 Å². The number of anilines is 4. The van der Waals surface area contributed by atoms with Gasteiger partial charge in [0.25, 0.3) is 5.91 Å². The third-order valence-electron chi connectivity index (χ3n) is 3.98. The predicted octanol–water partition coefficient (Wildman–Crippen LogP) is 4.02. The van der Waals surface area contributed by atoms with Crippen LogP contribution in [0, 0.1) is 11.3 Å². The van der Waals surface area contributed by atoms with Gasteiger partial charge in [0, 0.05) is 31.7 Å². The normalized spacial score (nSPS) is 9.96. The number of aromatic nitrogens is 1. The number of carbonyl (C=O) groups is 1. The topological polar surface area (TPSA) is 81.0 Å². The molecule has 6 heteroatoms. The van der Waals surface area contributed by atoms with E-state index >= 15 is 0 Å². The summed E-state index contributed by atoms with van der Waals surface area (Å²) in [4.78, 5) is 18.6. The third kappa shape index (κ3) is 4.41. The van der Waals surface area contributed by atoms with Crippen LogP contribution in [0.4, 0.5) is 22.9 Å². The second kappa shape index (κ2) is 8.02. The monoisotopic (exact) mass is 357 g/mol. The molecule has 0 saturated carbocycles. The van der Waals surface area contributed by atoms with Crippen molar-refractivity contribution in [3.63, 3.8) is 0 Å². The summed E-state index contributed by atoms with van der Waals surface area (Å²) in [5.74, 6) is 0.327. The van der Waals surface area contributed by atoms with Crippen LogP contribution in [0.2, 0.25) is 0 Å². The zero-order valence-corrected chi connectivity index (χ0v) is 15.1. The van der Waals surface area contributed by atoms with Gasteiger partial charge < -0.3 is 15.5 Å². The maximum absolute atomic E-state index is 12.4. The van der Waals surface area contributed by atoms with Gasteiger partial charge in [-0.3, -0.25) is 4.79 Å². The van der Waals surface area contributed by atoms with Gasteiger partial charge in [0.2, 0.25) is 0 Å². The van der Waals surface area contributed by atoms with Crippen LogP contribution >= 0.6 is 0 Å². The molecule has 0 aliphatic rings. The number of para-hydroxylation sites is 1. The summed E-state index contributed by atoms with van der Waals surface area (Å²) in [7, 11) is 3.92. The Morgan fingerprint density at radius 3 is 2.41 bits per heavy atom. The fourth-order valence-corrected chi connectivity index (χ4v) is 2.48. The van der Waals surface area contributed by atoms with Crippen molar-refractivity contribution in [2.24, 2.45) is 0 Å². The lowest BCUT2D eigenvalue weighted by atomic mass is 10.2. The summed E-state index contributed by atoms with van der Waals surface area (Å²) < 4.78 is 0. The molecule has 0 bridgehead atoms. The molecule has 2 N–H and O–H groups in total. The lowest BCUT2D eigenvalue weighted by Crippen LogP contribution is -2.13. The minimum absolute atomic E-state index is 0.232. The second-order valence-corrected chi connectivity index (χ2v) is 6.11. The van der Waals surface area contributed by atoms with E-state index in [1.807, 2.05) is 49.3 Å².